The molecule has 6 heteroatoms. The highest BCUT2D eigenvalue weighted by Crippen LogP contribution is 2.26. The number of aromatic nitrogens is 1. The summed E-state index contributed by atoms with van der Waals surface area (Å²) < 4.78 is 12.8. The summed E-state index contributed by atoms with van der Waals surface area (Å²) in [5.41, 5.74) is 0.821. The zero-order valence-corrected chi connectivity index (χ0v) is 13.0. The van der Waals surface area contributed by atoms with Crippen LogP contribution >= 0.6 is 11.3 Å². The number of carbonyl (C=O) groups is 1. The molecule has 4 nitrogen and oxygen atoms in total. The maximum Gasteiger partial charge on any atom is 0.224 e. The Hall–Kier alpha value is -1.95. The van der Waals surface area contributed by atoms with E-state index in [0.717, 1.165) is 30.1 Å². The first kappa shape index (κ1) is 15.0. The van der Waals surface area contributed by atoms with Crippen LogP contribution < -0.4 is 10.2 Å². The second-order valence-electron chi connectivity index (χ2n) is 5.41. The fraction of sp³-hybridized carbons (Fsp3) is 0.375. The number of halogens is 1. The molecule has 3 rings (SSSR count). The summed E-state index contributed by atoms with van der Waals surface area (Å²) in [4.78, 5) is 18.6. The largest absolute Gasteiger partial charge is 0.354 e. The van der Waals surface area contributed by atoms with E-state index in [4.69, 9.17) is 0 Å². The fourth-order valence-corrected chi connectivity index (χ4v) is 3.48. The molecule has 1 aromatic carbocycles. The number of benzene rings is 1. The Morgan fingerprint density at radius 2 is 2.23 bits per heavy atom. The topological polar surface area (TPSA) is 45.2 Å². The molecule has 0 aliphatic carbocycles. The monoisotopic (exact) mass is 319 g/mol. The first-order chi connectivity index (χ1) is 10.7. The van der Waals surface area contributed by atoms with Gasteiger partial charge in [0.15, 0.2) is 5.13 Å². The van der Waals surface area contributed by atoms with E-state index in [-0.39, 0.29) is 18.1 Å². The Kier molecular flexibility index (Phi) is 4.68. The number of thiazole rings is 1. The van der Waals surface area contributed by atoms with Crippen molar-refractivity contribution in [3.63, 3.8) is 0 Å². The van der Waals surface area contributed by atoms with Gasteiger partial charge in [0.05, 0.1) is 6.42 Å². The number of carbonyl (C=O) groups excluding carboxylic acids is 1. The highest BCUT2D eigenvalue weighted by Gasteiger charge is 2.26. The molecule has 22 heavy (non-hydrogen) atoms. The Balaban J connectivity index is 1.51. The minimum Gasteiger partial charge on any atom is -0.354 e. The molecule has 116 valence electrons. The molecule has 1 atom stereocenters. The third kappa shape index (κ3) is 3.62. The normalized spacial score (nSPS) is 17.7. The van der Waals surface area contributed by atoms with Crippen molar-refractivity contribution in [2.45, 2.75) is 25.3 Å². The minimum absolute atomic E-state index is 0.0300. The standard InChI is InChI=1S/C16H18FN3OS/c17-13-5-3-12(4-6-13)10-15(21)19-11-14-2-1-8-20(14)16-18-7-9-22-16/h3-7,9,14H,1-2,8,10-11H2,(H,19,21)/t14-/m1/s1. The van der Waals surface area contributed by atoms with E-state index < -0.39 is 0 Å². The summed E-state index contributed by atoms with van der Waals surface area (Å²) in [7, 11) is 0. The minimum atomic E-state index is -0.283. The lowest BCUT2D eigenvalue weighted by molar-refractivity contribution is -0.120. The van der Waals surface area contributed by atoms with E-state index in [0.29, 0.717) is 12.6 Å². The fourth-order valence-electron chi connectivity index (χ4n) is 2.74. The predicted octanol–water partition coefficient (Wildman–Crippen LogP) is 2.61. The molecule has 0 saturated carbocycles. The van der Waals surface area contributed by atoms with Gasteiger partial charge in [-0.25, -0.2) is 9.37 Å². The quantitative estimate of drug-likeness (QED) is 0.921. The van der Waals surface area contributed by atoms with E-state index in [2.05, 4.69) is 15.2 Å². The number of nitrogens with one attached hydrogen (secondary N) is 1. The van der Waals surface area contributed by atoms with Gasteiger partial charge in [-0.15, -0.1) is 11.3 Å². The lowest BCUT2D eigenvalue weighted by Gasteiger charge is -2.24. The van der Waals surface area contributed by atoms with Crippen LogP contribution in [0, 0.1) is 5.82 Å². The Morgan fingerprint density at radius 1 is 1.41 bits per heavy atom. The van der Waals surface area contributed by atoms with Crippen molar-refractivity contribution in [1.82, 2.24) is 10.3 Å². The van der Waals surface area contributed by atoms with Crippen LogP contribution in [-0.4, -0.2) is 30.0 Å². The maximum absolute atomic E-state index is 12.8. The summed E-state index contributed by atoms with van der Waals surface area (Å²) in [5.74, 6) is -0.313. The SMILES string of the molecule is O=C(Cc1ccc(F)cc1)NC[C@H]1CCCN1c1nccs1. The van der Waals surface area contributed by atoms with E-state index in [9.17, 15) is 9.18 Å². The summed E-state index contributed by atoms with van der Waals surface area (Å²) >= 11 is 1.63. The van der Waals surface area contributed by atoms with Crippen molar-refractivity contribution in [2.75, 3.05) is 18.0 Å². The van der Waals surface area contributed by atoms with Gasteiger partial charge in [-0.3, -0.25) is 4.79 Å². The summed E-state index contributed by atoms with van der Waals surface area (Å²) in [5, 5.41) is 5.98. The van der Waals surface area contributed by atoms with Crippen LogP contribution in [0.25, 0.3) is 0 Å². The number of hydrogen-bond acceptors (Lipinski definition) is 4. The molecular weight excluding hydrogens is 301 g/mol. The molecule has 0 spiro atoms. The lowest BCUT2D eigenvalue weighted by atomic mass is 10.1. The molecule has 1 aliphatic heterocycles. The third-order valence-electron chi connectivity index (χ3n) is 3.85. The average Bonchev–Trinajstić information content (AvgIpc) is 3.18. The van der Waals surface area contributed by atoms with Gasteiger partial charge in [0, 0.05) is 30.7 Å². The number of nitrogens with zero attached hydrogens (tertiary/aromatic N) is 2. The molecule has 2 heterocycles. The first-order valence-electron chi connectivity index (χ1n) is 7.39. The smallest absolute Gasteiger partial charge is 0.224 e. The molecular formula is C16H18FN3OS. The van der Waals surface area contributed by atoms with E-state index in [1.807, 2.05) is 11.6 Å². The third-order valence-corrected chi connectivity index (χ3v) is 4.66. The highest BCUT2D eigenvalue weighted by atomic mass is 32.1. The summed E-state index contributed by atoms with van der Waals surface area (Å²) in [6.07, 6.45) is 4.28. The maximum atomic E-state index is 12.8. The van der Waals surface area contributed by atoms with Gasteiger partial charge in [0.2, 0.25) is 5.91 Å². The average molecular weight is 319 g/mol. The van der Waals surface area contributed by atoms with Gasteiger partial charge >= 0.3 is 0 Å². The summed E-state index contributed by atoms with van der Waals surface area (Å²) in [6, 6.07) is 6.36. The van der Waals surface area contributed by atoms with Crippen molar-refractivity contribution in [2.24, 2.45) is 0 Å². The molecule has 1 saturated heterocycles. The van der Waals surface area contributed by atoms with Crippen LogP contribution in [-0.2, 0) is 11.2 Å². The number of anilines is 1. The molecule has 1 fully saturated rings. The van der Waals surface area contributed by atoms with E-state index in [1.54, 1.807) is 23.5 Å². The van der Waals surface area contributed by atoms with E-state index in [1.165, 1.54) is 12.1 Å². The van der Waals surface area contributed by atoms with Crippen LogP contribution in [0.1, 0.15) is 18.4 Å². The number of amides is 1. The molecule has 0 radical (unpaired) electrons. The second kappa shape index (κ2) is 6.87. The molecule has 1 amide bonds. The Bertz CT molecular complexity index is 615. The zero-order chi connectivity index (χ0) is 15.4. The van der Waals surface area contributed by atoms with Crippen LogP contribution in [0.15, 0.2) is 35.8 Å². The van der Waals surface area contributed by atoms with E-state index >= 15 is 0 Å². The molecule has 1 aromatic heterocycles. The van der Waals surface area contributed by atoms with Gasteiger partial charge in [0.25, 0.3) is 0 Å². The Labute approximate surface area is 133 Å². The Morgan fingerprint density at radius 3 is 2.95 bits per heavy atom. The van der Waals surface area contributed by atoms with Crippen LogP contribution in [0.5, 0.6) is 0 Å². The van der Waals surface area contributed by atoms with Crippen LogP contribution in [0.2, 0.25) is 0 Å². The van der Waals surface area contributed by atoms with Gasteiger partial charge in [0.1, 0.15) is 5.82 Å². The van der Waals surface area contributed by atoms with Crippen molar-refractivity contribution in [3.8, 4) is 0 Å². The van der Waals surface area contributed by atoms with Gasteiger partial charge in [-0.05, 0) is 30.5 Å². The molecule has 0 unspecified atom stereocenters. The van der Waals surface area contributed by atoms with Crippen molar-refractivity contribution < 1.29 is 9.18 Å². The van der Waals surface area contributed by atoms with Crippen LogP contribution in [0.3, 0.4) is 0 Å². The highest BCUT2D eigenvalue weighted by molar-refractivity contribution is 7.13. The van der Waals surface area contributed by atoms with Gasteiger partial charge < -0.3 is 10.2 Å². The second-order valence-corrected chi connectivity index (χ2v) is 6.28. The van der Waals surface area contributed by atoms with Crippen molar-refractivity contribution in [1.29, 1.82) is 0 Å². The summed E-state index contributed by atoms with van der Waals surface area (Å²) in [6.45, 7) is 1.62. The van der Waals surface area contributed by atoms with Gasteiger partial charge in [-0.1, -0.05) is 12.1 Å². The number of rotatable bonds is 5. The molecule has 0 bridgehead atoms. The van der Waals surface area contributed by atoms with Crippen molar-refractivity contribution >= 4 is 22.4 Å². The first-order valence-corrected chi connectivity index (χ1v) is 8.27. The molecule has 2 aromatic rings. The van der Waals surface area contributed by atoms with Crippen LogP contribution in [0.4, 0.5) is 9.52 Å². The van der Waals surface area contributed by atoms with Crippen molar-refractivity contribution in [3.05, 3.63) is 47.2 Å². The number of hydrogen-bond donors (Lipinski definition) is 1. The predicted molar refractivity (Wildman–Crippen MR) is 85.6 cm³/mol. The zero-order valence-electron chi connectivity index (χ0n) is 12.2. The molecule has 1 aliphatic rings. The van der Waals surface area contributed by atoms with Gasteiger partial charge in [-0.2, -0.15) is 0 Å². The molecule has 1 N–H and O–H groups in total. The lowest BCUT2D eigenvalue weighted by Crippen LogP contribution is -2.40.